The van der Waals surface area contributed by atoms with Crippen LogP contribution in [0.5, 0.6) is 0 Å². The molecule has 1 heterocycles. The second kappa shape index (κ2) is 5.69. The van der Waals surface area contributed by atoms with Gasteiger partial charge in [-0.2, -0.15) is 0 Å². The van der Waals surface area contributed by atoms with E-state index in [4.69, 9.17) is 10.5 Å². The maximum absolute atomic E-state index is 12.1. The SMILES string of the molecule is NCC1(NC(=O)N2CCOCC2)CCCCC1. The third-order valence-electron chi connectivity index (χ3n) is 3.87. The van der Waals surface area contributed by atoms with Gasteiger partial charge in [0, 0.05) is 19.6 Å². The van der Waals surface area contributed by atoms with E-state index in [0.717, 1.165) is 12.8 Å². The molecule has 2 aliphatic rings. The van der Waals surface area contributed by atoms with Crippen LogP contribution >= 0.6 is 0 Å². The lowest BCUT2D eigenvalue weighted by molar-refractivity contribution is 0.0500. The molecule has 3 N–H and O–H groups in total. The lowest BCUT2D eigenvalue weighted by Gasteiger charge is -2.39. The van der Waals surface area contributed by atoms with Crippen LogP contribution in [0.25, 0.3) is 0 Å². The van der Waals surface area contributed by atoms with Crippen molar-refractivity contribution in [1.82, 2.24) is 10.2 Å². The van der Waals surface area contributed by atoms with E-state index in [9.17, 15) is 4.79 Å². The Balaban J connectivity index is 1.90. The molecule has 0 atom stereocenters. The van der Waals surface area contributed by atoms with E-state index in [1.807, 2.05) is 4.90 Å². The van der Waals surface area contributed by atoms with Crippen molar-refractivity contribution < 1.29 is 9.53 Å². The predicted molar refractivity (Wildman–Crippen MR) is 65.8 cm³/mol. The Labute approximate surface area is 103 Å². The van der Waals surface area contributed by atoms with Gasteiger partial charge in [-0.05, 0) is 12.8 Å². The van der Waals surface area contributed by atoms with Gasteiger partial charge >= 0.3 is 6.03 Å². The molecule has 1 aliphatic heterocycles. The zero-order chi connectivity index (χ0) is 12.1. The van der Waals surface area contributed by atoms with Gasteiger partial charge in [0.25, 0.3) is 0 Å². The van der Waals surface area contributed by atoms with E-state index in [1.54, 1.807) is 0 Å². The minimum atomic E-state index is -0.159. The fourth-order valence-corrected chi connectivity index (χ4v) is 2.68. The van der Waals surface area contributed by atoms with Crippen molar-refractivity contribution in [1.29, 1.82) is 0 Å². The summed E-state index contributed by atoms with van der Waals surface area (Å²) < 4.78 is 5.24. The number of morpholine rings is 1. The topological polar surface area (TPSA) is 67.6 Å². The maximum atomic E-state index is 12.1. The predicted octanol–water partition coefficient (Wildman–Crippen LogP) is 0.690. The van der Waals surface area contributed by atoms with Crippen LogP contribution in [0.2, 0.25) is 0 Å². The molecule has 0 unspecified atom stereocenters. The number of hydrogen-bond donors (Lipinski definition) is 2. The van der Waals surface area contributed by atoms with Gasteiger partial charge in [-0.15, -0.1) is 0 Å². The number of hydrogen-bond acceptors (Lipinski definition) is 3. The number of nitrogens with one attached hydrogen (secondary N) is 1. The third kappa shape index (κ3) is 3.10. The number of carbonyl (C=O) groups is 1. The van der Waals surface area contributed by atoms with Gasteiger partial charge in [-0.1, -0.05) is 19.3 Å². The Hall–Kier alpha value is -0.810. The first kappa shape index (κ1) is 12.6. The number of urea groups is 1. The first-order valence-electron chi connectivity index (χ1n) is 6.61. The molecule has 0 bridgehead atoms. The monoisotopic (exact) mass is 241 g/mol. The van der Waals surface area contributed by atoms with E-state index in [1.165, 1.54) is 19.3 Å². The highest BCUT2D eigenvalue weighted by Gasteiger charge is 2.33. The smallest absolute Gasteiger partial charge is 0.318 e. The van der Waals surface area contributed by atoms with Gasteiger partial charge in [0.2, 0.25) is 0 Å². The summed E-state index contributed by atoms with van der Waals surface area (Å²) in [6.45, 7) is 3.20. The van der Waals surface area contributed by atoms with Gasteiger partial charge in [-0.3, -0.25) is 0 Å². The van der Waals surface area contributed by atoms with E-state index in [2.05, 4.69) is 5.32 Å². The molecule has 5 nitrogen and oxygen atoms in total. The number of amides is 2. The van der Waals surface area contributed by atoms with Crippen LogP contribution in [0.15, 0.2) is 0 Å². The van der Waals surface area contributed by atoms with Crippen molar-refractivity contribution in [2.24, 2.45) is 5.73 Å². The second-order valence-electron chi connectivity index (χ2n) is 5.07. The van der Waals surface area contributed by atoms with Crippen molar-refractivity contribution in [3.63, 3.8) is 0 Å². The molecule has 0 spiro atoms. The molecule has 5 heteroatoms. The Bertz CT molecular complexity index is 258. The van der Waals surface area contributed by atoms with E-state index < -0.39 is 0 Å². The third-order valence-corrected chi connectivity index (χ3v) is 3.87. The van der Waals surface area contributed by atoms with Crippen LogP contribution in [0.3, 0.4) is 0 Å². The van der Waals surface area contributed by atoms with Gasteiger partial charge in [-0.25, -0.2) is 4.79 Å². The van der Waals surface area contributed by atoms with Gasteiger partial charge in [0.05, 0.1) is 18.8 Å². The Morgan fingerprint density at radius 1 is 1.24 bits per heavy atom. The molecular formula is C12H23N3O2. The molecule has 2 fully saturated rings. The van der Waals surface area contributed by atoms with E-state index >= 15 is 0 Å². The fraction of sp³-hybridized carbons (Fsp3) is 0.917. The van der Waals surface area contributed by atoms with Crippen molar-refractivity contribution in [3.05, 3.63) is 0 Å². The van der Waals surface area contributed by atoms with E-state index in [0.29, 0.717) is 32.8 Å². The minimum Gasteiger partial charge on any atom is -0.378 e. The molecule has 0 aromatic rings. The molecule has 2 amide bonds. The maximum Gasteiger partial charge on any atom is 0.318 e. The van der Waals surface area contributed by atoms with Crippen molar-refractivity contribution >= 4 is 6.03 Å². The zero-order valence-electron chi connectivity index (χ0n) is 10.4. The Morgan fingerprint density at radius 2 is 1.88 bits per heavy atom. The van der Waals surface area contributed by atoms with Crippen LogP contribution in [-0.4, -0.2) is 49.3 Å². The fourth-order valence-electron chi connectivity index (χ4n) is 2.68. The molecule has 0 aromatic carbocycles. The number of nitrogens with two attached hydrogens (primary N) is 1. The molecule has 2 rings (SSSR count). The summed E-state index contributed by atoms with van der Waals surface area (Å²) in [4.78, 5) is 14.0. The summed E-state index contributed by atoms with van der Waals surface area (Å²) in [5, 5.41) is 3.16. The van der Waals surface area contributed by atoms with Crippen molar-refractivity contribution in [3.8, 4) is 0 Å². The normalized spacial score (nSPS) is 24.4. The largest absolute Gasteiger partial charge is 0.378 e. The Kier molecular flexibility index (Phi) is 4.23. The quantitative estimate of drug-likeness (QED) is 0.747. The van der Waals surface area contributed by atoms with Gasteiger partial charge in [0.15, 0.2) is 0 Å². The first-order chi connectivity index (χ1) is 8.26. The van der Waals surface area contributed by atoms with Crippen LogP contribution in [0.1, 0.15) is 32.1 Å². The van der Waals surface area contributed by atoms with Crippen molar-refractivity contribution in [2.45, 2.75) is 37.6 Å². The molecule has 17 heavy (non-hydrogen) atoms. The lowest BCUT2D eigenvalue weighted by Crippen LogP contribution is -2.59. The number of ether oxygens (including phenoxy) is 1. The Morgan fingerprint density at radius 3 is 2.47 bits per heavy atom. The van der Waals surface area contributed by atoms with Crippen LogP contribution in [-0.2, 0) is 4.74 Å². The minimum absolute atomic E-state index is 0.0284. The highest BCUT2D eigenvalue weighted by Crippen LogP contribution is 2.27. The standard InChI is InChI=1S/C12H23N3O2/c13-10-12(4-2-1-3-5-12)14-11(16)15-6-8-17-9-7-15/h1-10,13H2,(H,14,16). The average molecular weight is 241 g/mol. The molecule has 0 radical (unpaired) electrons. The highest BCUT2D eigenvalue weighted by molar-refractivity contribution is 5.75. The van der Waals surface area contributed by atoms with Crippen molar-refractivity contribution in [2.75, 3.05) is 32.8 Å². The zero-order valence-corrected chi connectivity index (χ0v) is 10.4. The summed E-state index contributed by atoms with van der Waals surface area (Å²) in [5.74, 6) is 0. The molecule has 98 valence electrons. The van der Waals surface area contributed by atoms with Gasteiger partial charge < -0.3 is 20.7 Å². The summed E-state index contributed by atoms with van der Waals surface area (Å²) in [6.07, 6.45) is 5.62. The molecule has 1 saturated heterocycles. The summed E-state index contributed by atoms with van der Waals surface area (Å²) in [6, 6.07) is 0.0284. The first-order valence-corrected chi connectivity index (χ1v) is 6.61. The average Bonchev–Trinajstić information content (AvgIpc) is 2.41. The molecule has 1 saturated carbocycles. The number of carbonyl (C=O) groups excluding carboxylic acids is 1. The van der Waals surface area contributed by atoms with E-state index in [-0.39, 0.29) is 11.6 Å². The van der Waals surface area contributed by atoms with Crippen LogP contribution in [0.4, 0.5) is 4.79 Å². The molecular weight excluding hydrogens is 218 g/mol. The van der Waals surface area contributed by atoms with Crippen LogP contribution < -0.4 is 11.1 Å². The second-order valence-corrected chi connectivity index (χ2v) is 5.07. The van der Waals surface area contributed by atoms with Gasteiger partial charge in [0.1, 0.15) is 0 Å². The number of rotatable bonds is 2. The molecule has 1 aliphatic carbocycles. The van der Waals surface area contributed by atoms with Crippen LogP contribution in [0, 0.1) is 0 Å². The summed E-state index contributed by atoms with van der Waals surface area (Å²) >= 11 is 0. The summed E-state index contributed by atoms with van der Waals surface area (Å²) in [7, 11) is 0. The molecule has 0 aromatic heterocycles. The summed E-state index contributed by atoms with van der Waals surface area (Å²) in [5.41, 5.74) is 5.70. The highest BCUT2D eigenvalue weighted by atomic mass is 16.5. The lowest BCUT2D eigenvalue weighted by atomic mass is 9.82. The number of nitrogens with zero attached hydrogens (tertiary/aromatic N) is 1.